The molecule has 0 aromatic rings. The van der Waals surface area contributed by atoms with Gasteiger partial charge in [-0.05, 0) is 37.5 Å². The minimum Gasteiger partial charge on any atom is -1.00 e. The molecule has 2 fully saturated rings. The van der Waals surface area contributed by atoms with E-state index < -0.39 is 0 Å². The maximum Gasteiger partial charge on any atom is 4.00 e. The molecular weight excluding hydrogens is 457 g/mol. The van der Waals surface area contributed by atoms with Crippen LogP contribution < -0.4 is 9.41 Å². The summed E-state index contributed by atoms with van der Waals surface area (Å²) >= 11 is 0. The largest absolute Gasteiger partial charge is 4.00 e. The summed E-state index contributed by atoms with van der Waals surface area (Å²) in [6, 6.07) is 0. The maximum atomic E-state index is 3.40. The molecule has 0 bridgehead atoms. The van der Waals surface area contributed by atoms with Crippen LogP contribution in [0.1, 0.15) is 64.2 Å². The summed E-state index contributed by atoms with van der Waals surface area (Å²) in [7, 11) is 0. The van der Waals surface area contributed by atoms with Gasteiger partial charge in [0, 0.05) is 0 Å². The van der Waals surface area contributed by atoms with E-state index in [2.05, 4.69) is 36.5 Å². The van der Waals surface area contributed by atoms with Gasteiger partial charge in [0.1, 0.15) is 0 Å². The number of allylic oxidation sites excluding steroid dienone is 8. The van der Waals surface area contributed by atoms with E-state index in [0.717, 1.165) is 24.7 Å². The Labute approximate surface area is 158 Å². The minimum absolute atomic E-state index is 0. The van der Waals surface area contributed by atoms with Crippen molar-refractivity contribution in [2.75, 3.05) is 0 Å². The van der Waals surface area contributed by atoms with E-state index in [1.165, 1.54) is 62.5 Å². The summed E-state index contributed by atoms with van der Waals surface area (Å²) in [6.45, 7) is 0. The third-order valence-corrected chi connectivity index (χ3v) is 5.03. The average molecular weight is 483 g/mol. The Balaban J connectivity index is 0.000000372. The second kappa shape index (κ2) is 12.1. The second-order valence-corrected chi connectivity index (χ2v) is 6.44. The van der Waals surface area contributed by atoms with E-state index in [1.54, 1.807) is 0 Å². The number of hydrogen-bond donors (Lipinski definition) is 0. The molecule has 23 heavy (non-hydrogen) atoms. The third kappa shape index (κ3) is 6.60. The Bertz CT molecular complexity index is 395. The van der Waals surface area contributed by atoms with Gasteiger partial charge in [0.05, 0.1) is 0 Å². The van der Waals surface area contributed by atoms with Gasteiger partial charge in [-0.15, -0.1) is 12.8 Å². The molecule has 0 unspecified atom stereocenters. The van der Waals surface area contributed by atoms with Crippen LogP contribution in [0, 0.1) is 24.0 Å². The van der Waals surface area contributed by atoms with E-state index >= 15 is 0 Å². The van der Waals surface area contributed by atoms with Crippen molar-refractivity contribution in [1.29, 1.82) is 0 Å². The zero-order chi connectivity index (χ0) is 13.6. The molecule has 0 amide bonds. The molecule has 2 saturated carbocycles. The zero-order valence-electron chi connectivity index (χ0n) is 13.8. The average Bonchev–Trinajstić information content (AvgIpc) is 3.29. The van der Waals surface area contributed by atoms with Crippen molar-refractivity contribution >= 4 is 0 Å². The fraction of sp³-hybridized carbons (Fsp3) is 0.600. The number of hydrogen-bond acceptors (Lipinski definition) is 0. The van der Waals surface area contributed by atoms with Gasteiger partial charge in [-0.3, -0.25) is 12.2 Å². The molecule has 4 aliphatic carbocycles. The first-order valence-corrected chi connectivity index (χ1v) is 8.48. The van der Waals surface area contributed by atoms with E-state index in [4.69, 9.17) is 0 Å². The molecule has 0 N–H and O–H groups in total. The first-order valence-electron chi connectivity index (χ1n) is 8.48. The van der Waals surface area contributed by atoms with Crippen molar-refractivity contribution in [1.82, 2.24) is 0 Å². The molecule has 0 radical (unpaired) electrons. The first kappa shape index (κ1) is 22.7. The molecule has 0 nitrogen and oxygen atoms in total. The minimum atomic E-state index is 0. The topological polar surface area (TPSA) is 0 Å². The van der Waals surface area contributed by atoms with Crippen LogP contribution in [-0.4, -0.2) is 0 Å². The first-order chi connectivity index (χ1) is 9.93. The van der Waals surface area contributed by atoms with Gasteiger partial charge in [0.25, 0.3) is 0 Å². The summed E-state index contributed by atoms with van der Waals surface area (Å²) < 4.78 is 0. The van der Waals surface area contributed by atoms with Gasteiger partial charge in [-0.2, -0.15) is 12.2 Å². The molecule has 0 aromatic heterocycles. The van der Waals surface area contributed by atoms with E-state index in [0.29, 0.717) is 0 Å². The molecule has 0 spiro atoms. The van der Waals surface area contributed by atoms with Crippen LogP contribution in [0.5, 0.6) is 0 Å². The summed E-state index contributed by atoms with van der Waals surface area (Å²) in [5.41, 5.74) is 3.00. The predicted molar refractivity (Wildman–Crippen MR) is 84.9 cm³/mol. The second-order valence-electron chi connectivity index (χ2n) is 6.44. The van der Waals surface area contributed by atoms with Crippen molar-refractivity contribution in [3.63, 3.8) is 0 Å². The van der Waals surface area contributed by atoms with E-state index in [9.17, 15) is 0 Å². The van der Waals surface area contributed by atoms with Gasteiger partial charge < -0.3 is 9.41 Å². The third-order valence-electron chi connectivity index (χ3n) is 5.03. The zero-order valence-corrected chi connectivity index (χ0v) is 17.4. The summed E-state index contributed by atoms with van der Waals surface area (Å²) in [6.07, 6.45) is 29.3. The summed E-state index contributed by atoms with van der Waals surface area (Å²) in [5.74, 6) is 1.75. The van der Waals surface area contributed by atoms with Gasteiger partial charge in [-0.25, -0.2) is 23.3 Å². The molecule has 0 heterocycles. The standard InChI is InChI=1S/2C10H13.2FH.Hf/c2*1-2-6-9(5-1)10-7-3-4-8-10;;;/h2*1,5,10H,2-4,7-8H2;2*1H;/q2*-1;;;+4/p-2. The summed E-state index contributed by atoms with van der Waals surface area (Å²) in [5, 5.41) is 0. The van der Waals surface area contributed by atoms with Crippen molar-refractivity contribution in [3.05, 3.63) is 47.6 Å². The Morgan fingerprint density at radius 2 is 1.00 bits per heavy atom. The smallest absolute Gasteiger partial charge is 1.00 e. The van der Waals surface area contributed by atoms with Gasteiger partial charge in [-0.1, -0.05) is 25.7 Å². The van der Waals surface area contributed by atoms with Gasteiger partial charge >= 0.3 is 25.8 Å². The normalized spacial score (nSPS) is 22.4. The monoisotopic (exact) mass is 484 g/mol. The molecule has 4 aliphatic rings. The van der Waals surface area contributed by atoms with Crippen LogP contribution in [0.15, 0.2) is 35.5 Å². The van der Waals surface area contributed by atoms with E-state index in [-0.39, 0.29) is 35.3 Å². The van der Waals surface area contributed by atoms with Gasteiger partial charge in [0.2, 0.25) is 0 Å². The Morgan fingerprint density at radius 3 is 1.26 bits per heavy atom. The Morgan fingerprint density at radius 1 is 0.652 bits per heavy atom. The fourth-order valence-electron chi connectivity index (χ4n) is 3.88. The molecule has 4 rings (SSSR count). The molecule has 0 aliphatic heterocycles. The van der Waals surface area contributed by atoms with Crippen LogP contribution in [0.3, 0.4) is 0 Å². The van der Waals surface area contributed by atoms with Crippen LogP contribution in [-0.2, 0) is 25.8 Å². The van der Waals surface area contributed by atoms with Crippen molar-refractivity contribution in [2.24, 2.45) is 11.8 Å². The molecule has 0 saturated heterocycles. The van der Waals surface area contributed by atoms with Crippen LogP contribution in [0.2, 0.25) is 0 Å². The molecule has 3 heteroatoms. The SMILES string of the molecule is [C-]1=C(C2CCCC2)C=CC1.[C-]1=C(C2CCCC2)C=CC1.[F-].[F-].[Hf+4]. The fourth-order valence-corrected chi connectivity index (χ4v) is 3.88. The number of rotatable bonds is 2. The van der Waals surface area contributed by atoms with Crippen LogP contribution >= 0.6 is 0 Å². The number of halogens is 2. The van der Waals surface area contributed by atoms with Crippen molar-refractivity contribution < 1.29 is 35.3 Å². The Hall–Kier alpha value is -0.310. The van der Waals surface area contributed by atoms with Gasteiger partial charge in [0.15, 0.2) is 0 Å². The molecule has 0 aromatic carbocycles. The predicted octanol–water partition coefficient (Wildman–Crippen LogP) is -0.262. The van der Waals surface area contributed by atoms with Crippen molar-refractivity contribution in [3.8, 4) is 0 Å². The quantitative estimate of drug-likeness (QED) is 0.376. The molecule has 0 atom stereocenters. The van der Waals surface area contributed by atoms with Crippen LogP contribution in [0.25, 0.3) is 0 Å². The summed E-state index contributed by atoms with van der Waals surface area (Å²) in [4.78, 5) is 0. The van der Waals surface area contributed by atoms with Crippen molar-refractivity contribution in [2.45, 2.75) is 64.2 Å². The Kier molecular flexibility index (Phi) is 11.9. The molecule has 124 valence electrons. The molecular formula is C20H26F2Hf. The van der Waals surface area contributed by atoms with E-state index in [1.807, 2.05) is 0 Å². The maximum absolute atomic E-state index is 3.40. The van der Waals surface area contributed by atoms with Crippen LogP contribution in [0.4, 0.5) is 0 Å².